The molecule has 3 heterocycles. The van der Waals surface area contributed by atoms with Crippen molar-refractivity contribution in [2.24, 2.45) is 0 Å². The number of benzene rings is 1. The van der Waals surface area contributed by atoms with E-state index in [2.05, 4.69) is 0 Å². The first kappa shape index (κ1) is 20.3. The minimum absolute atomic E-state index is 0.118. The first-order chi connectivity index (χ1) is 13.9. The van der Waals surface area contributed by atoms with Crippen molar-refractivity contribution in [1.82, 2.24) is 10.1 Å². The average Bonchev–Trinajstić information content (AvgIpc) is 3.26. The van der Waals surface area contributed by atoms with Crippen LogP contribution in [0.1, 0.15) is 41.5 Å². The third-order valence-electron chi connectivity index (χ3n) is 6.34. The molecule has 1 aromatic carbocycles. The molecule has 1 N–H and O–H groups in total. The van der Waals surface area contributed by atoms with Crippen LogP contribution in [0.3, 0.4) is 0 Å². The number of hydrogen-bond acceptors (Lipinski definition) is 6. The Bertz CT molecular complexity index is 813. The Labute approximate surface area is 171 Å². The fourth-order valence-corrected chi connectivity index (χ4v) is 4.90. The van der Waals surface area contributed by atoms with Gasteiger partial charge in [0.15, 0.2) is 0 Å². The van der Waals surface area contributed by atoms with Crippen molar-refractivity contribution in [2.45, 2.75) is 51.7 Å². The zero-order valence-electron chi connectivity index (χ0n) is 17.7. The van der Waals surface area contributed by atoms with E-state index in [1.54, 1.807) is 7.11 Å². The van der Waals surface area contributed by atoms with Crippen LogP contribution in [0, 0.1) is 20.8 Å². The van der Waals surface area contributed by atoms with Gasteiger partial charge >= 0.3 is 0 Å². The first-order valence-corrected chi connectivity index (χ1v) is 10.3. The molecule has 1 unspecified atom stereocenters. The maximum atomic E-state index is 13.6. The number of piperidine rings is 1. The van der Waals surface area contributed by atoms with E-state index in [1.165, 1.54) is 5.06 Å². The minimum atomic E-state index is -0.867. The molecule has 1 aromatic rings. The molecule has 1 spiro atoms. The molecule has 29 heavy (non-hydrogen) atoms. The van der Waals surface area contributed by atoms with Gasteiger partial charge in [-0.3, -0.25) is 9.63 Å². The van der Waals surface area contributed by atoms with Crippen molar-refractivity contribution in [3.63, 3.8) is 0 Å². The van der Waals surface area contributed by atoms with Crippen molar-refractivity contribution in [1.29, 1.82) is 0 Å². The summed E-state index contributed by atoms with van der Waals surface area (Å²) in [5, 5.41) is 14.8. The van der Waals surface area contributed by atoms with Gasteiger partial charge in [0.2, 0.25) is 0 Å². The lowest BCUT2D eigenvalue weighted by Gasteiger charge is -2.43. The van der Waals surface area contributed by atoms with Gasteiger partial charge < -0.3 is 14.7 Å². The fraction of sp³-hybridized carbons (Fsp3) is 0.591. The van der Waals surface area contributed by atoms with Crippen LogP contribution in [-0.4, -0.2) is 66.2 Å². The van der Waals surface area contributed by atoms with E-state index in [1.807, 2.05) is 38.0 Å². The third kappa shape index (κ3) is 3.36. The number of aliphatic hydroxyl groups excluding tert-OH is 1. The number of hydrogen-bond donors (Lipinski definition) is 1. The van der Waals surface area contributed by atoms with Crippen molar-refractivity contribution < 1.29 is 24.3 Å². The molecule has 4 rings (SSSR count). The van der Waals surface area contributed by atoms with Crippen molar-refractivity contribution in [3.05, 3.63) is 40.1 Å². The molecule has 158 valence electrons. The lowest BCUT2D eigenvalue weighted by atomic mass is 9.85. The second kappa shape index (κ2) is 7.72. The first-order valence-electron chi connectivity index (χ1n) is 10.3. The summed E-state index contributed by atoms with van der Waals surface area (Å²) in [4.78, 5) is 25.1. The number of carbonyl (C=O) groups is 1. The van der Waals surface area contributed by atoms with Crippen LogP contribution in [0.15, 0.2) is 17.9 Å². The summed E-state index contributed by atoms with van der Waals surface area (Å²) in [5.41, 5.74) is 3.40. The molecule has 0 bridgehead atoms. The highest BCUT2D eigenvalue weighted by molar-refractivity contribution is 6.23. The molecule has 0 aromatic heterocycles. The monoisotopic (exact) mass is 402 g/mol. The van der Waals surface area contributed by atoms with Crippen molar-refractivity contribution in [3.8, 4) is 0 Å². The van der Waals surface area contributed by atoms with Gasteiger partial charge in [-0.1, -0.05) is 17.7 Å². The number of hydroxylamine groups is 4. The van der Waals surface area contributed by atoms with E-state index in [0.717, 1.165) is 28.7 Å². The van der Waals surface area contributed by atoms with Gasteiger partial charge in [-0.05, 0) is 50.3 Å². The standard InChI is InChI=1S/C22H30N2O5/c1-14-11-15(2)18(16(3)12-14)19-20(25)22(6-8-23(27-4)9-7-22)24(21(19)26)29-17-5-10-28-13-17/h11-12,17,25H,5-10,13H2,1-4H3. The van der Waals surface area contributed by atoms with Gasteiger partial charge in [-0.25, -0.2) is 5.06 Å². The van der Waals surface area contributed by atoms with E-state index in [4.69, 9.17) is 14.4 Å². The van der Waals surface area contributed by atoms with Gasteiger partial charge in [-0.15, -0.1) is 0 Å². The number of aryl methyl sites for hydroxylation is 3. The van der Waals surface area contributed by atoms with Gasteiger partial charge in [0.05, 0.1) is 19.3 Å². The highest BCUT2D eigenvalue weighted by Crippen LogP contribution is 2.47. The zero-order valence-corrected chi connectivity index (χ0v) is 17.7. The molecule has 2 saturated heterocycles. The highest BCUT2D eigenvalue weighted by atomic mass is 16.7. The Kier molecular flexibility index (Phi) is 5.42. The Morgan fingerprint density at radius 3 is 2.38 bits per heavy atom. The molecule has 7 nitrogen and oxygen atoms in total. The summed E-state index contributed by atoms with van der Waals surface area (Å²) < 4.78 is 5.44. The maximum Gasteiger partial charge on any atom is 0.282 e. The Balaban J connectivity index is 1.78. The van der Waals surface area contributed by atoms with Gasteiger partial charge in [0.1, 0.15) is 17.4 Å². The number of carbonyl (C=O) groups excluding carboxylic acids is 1. The molecule has 1 atom stereocenters. The minimum Gasteiger partial charge on any atom is -0.509 e. The lowest BCUT2D eigenvalue weighted by molar-refractivity contribution is -0.250. The van der Waals surface area contributed by atoms with Crippen molar-refractivity contribution in [2.75, 3.05) is 33.4 Å². The van der Waals surface area contributed by atoms with Crippen LogP contribution >= 0.6 is 0 Å². The normalized spacial score (nSPS) is 24.9. The van der Waals surface area contributed by atoms with E-state index in [0.29, 0.717) is 44.7 Å². The Morgan fingerprint density at radius 1 is 1.17 bits per heavy atom. The molecule has 2 fully saturated rings. The summed E-state index contributed by atoms with van der Waals surface area (Å²) >= 11 is 0. The topological polar surface area (TPSA) is 71.5 Å². The smallest absolute Gasteiger partial charge is 0.282 e. The van der Waals surface area contributed by atoms with Gasteiger partial charge in [0, 0.05) is 26.1 Å². The van der Waals surface area contributed by atoms with E-state index in [-0.39, 0.29) is 17.8 Å². The molecule has 0 aliphatic carbocycles. The second-order valence-corrected chi connectivity index (χ2v) is 8.33. The number of rotatable bonds is 4. The summed E-state index contributed by atoms with van der Waals surface area (Å²) in [6.45, 7) is 8.30. The maximum absolute atomic E-state index is 13.6. The molecule has 3 aliphatic rings. The fourth-order valence-electron chi connectivity index (χ4n) is 4.90. The summed E-state index contributed by atoms with van der Waals surface area (Å²) in [7, 11) is 1.64. The summed E-state index contributed by atoms with van der Waals surface area (Å²) in [5.74, 6) is -0.150. The van der Waals surface area contributed by atoms with Crippen LogP contribution in [0.5, 0.6) is 0 Å². The van der Waals surface area contributed by atoms with Crippen LogP contribution in [0.25, 0.3) is 5.57 Å². The number of amides is 1. The molecule has 0 radical (unpaired) electrons. The summed E-state index contributed by atoms with van der Waals surface area (Å²) in [6.07, 6.45) is 1.64. The van der Waals surface area contributed by atoms with Crippen LogP contribution in [-0.2, 0) is 19.2 Å². The van der Waals surface area contributed by atoms with E-state index >= 15 is 0 Å². The van der Waals surface area contributed by atoms with Crippen LogP contribution < -0.4 is 0 Å². The van der Waals surface area contributed by atoms with Crippen molar-refractivity contribution >= 4 is 11.5 Å². The number of ether oxygens (including phenoxy) is 1. The predicted octanol–water partition coefficient (Wildman–Crippen LogP) is 2.84. The summed E-state index contributed by atoms with van der Waals surface area (Å²) in [6, 6.07) is 4.09. The molecule has 1 amide bonds. The van der Waals surface area contributed by atoms with E-state index in [9.17, 15) is 9.90 Å². The lowest BCUT2D eigenvalue weighted by Crippen LogP contribution is -2.55. The van der Waals surface area contributed by atoms with Gasteiger partial charge in [-0.2, -0.15) is 5.06 Å². The Hall–Kier alpha value is -1.93. The van der Waals surface area contributed by atoms with E-state index < -0.39 is 5.54 Å². The molecule has 3 aliphatic heterocycles. The zero-order chi connectivity index (χ0) is 20.8. The SMILES string of the molecule is CON1CCC2(CC1)C(O)=C(c1c(C)cc(C)cc1C)C(=O)N2OC1CCOC1. The van der Waals surface area contributed by atoms with Gasteiger partial charge in [0.25, 0.3) is 5.91 Å². The largest absolute Gasteiger partial charge is 0.509 e. The molecular weight excluding hydrogens is 372 g/mol. The third-order valence-corrected chi connectivity index (χ3v) is 6.34. The Morgan fingerprint density at radius 2 is 1.83 bits per heavy atom. The molecule has 0 saturated carbocycles. The molecule has 7 heteroatoms. The number of aliphatic hydroxyl groups is 1. The van der Waals surface area contributed by atoms with Crippen LogP contribution in [0.4, 0.5) is 0 Å². The van der Waals surface area contributed by atoms with Crippen LogP contribution in [0.2, 0.25) is 0 Å². The number of nitrogens with zero attached hydrogens (tertiary/aromatic N) is 2. The predicted molar refractivity (Wildman–Crippen MR) is 108 cm³/mol. The molecular formula is C22H30N2O5. The quantitative estimate of drug-likeness (QED) is 0.835. The average molecular weight is 402 g/mol. The second-order valence-electron chi connectivity index (χ2n) is 8.33. The highest BCUT2D eigenvalue weighted by Gasteiger charge is 2.56.